The molecule has 0 radical (unpaired) electrons. The zero-order valence-electron chi connectivity index (χ0n) is 14.5. The standard InChI is InChI=1S/C18H36O2/c1-6-8-10-12-14-16(15-13-11-9-7-2)17(19)20-18(3,4)5/h16H,6-15H2,1-5H3. The minimum absolute atomic E-state index is 0.0190. The van der Waals surface area contributed by atoms with Gasteiger partial charge in [-0.25, -0.2) is 0 Å². The number of hydrogen-bond donors (Lipinski definition) is 0. The highest BCUT2D eigenvalue weighted by Gasteiger charge is 2.24. The Labute approximate surface area is 126 Å². The molecule has 0 N–H and O–H groups in total. The fourth-order valence-electron chi connectivity index (χ4n) is 2.40. The van der Waals surface area contributed by atoms with Crippen LogP contribution in [-0.4, -0.2) is 11.6 Å². The van der Waals surface area contributed by atoms with Gasteiger partial charge in [0.05, 0.1) is 5.92 Å². The van der Waals surface area contributed by atoms with Crippen molar-refractivity contribution in [2.24, 2.45) is 5.92 Å². The van der Waals surface area contributed by atoms with Crippen molar-refractivity contribution in [3.63, 3.8) is 0 Å². The Bertz CT molecular complexity index is 228. The lowest BCUT2D eigenvalue weighted by molar-refractivity contribution is -0.160. The first-order chi connectivity index (χ1) is 9.40. The van der Waals surface area contributed by atoms with Crippen molar-refractivity contribution in [2.75, 3.05) is 0 Å². The normalized spacial score (nSPS) is 11.9. The first-order valence-electron chi connectivity index (χ1n) is 8.63. The third-order valence-electron chi connectivity index (χ3n) is 3.55. The number of hydrogen-bond acceptors (Lipinski definition) is 2. The van der Waals surface area contributed by atoms with E-state index in [1.807, 2.05) is 20.8 Å². The van der Waals surface area contributed by atoms with Crippen LogP contribution in [0.5, 0.6) is 0 Å². The van der Waals surface area contributed by atoms with Crippen molar-refractivity contribution in [2.45, 2.75) is 104 Å². The summed E-state index contributed by atoms with van der Waals surface area (Å²) in [7, 11) is 0. The van der Waals surface area contributed by atoms with E-state index in [1.54, 1.807) is 0 Å². The predicted octanol–water partition coefficient (Wildman–Crippen LogP) is 5.89. The molecule has 0 spiro atoms. The maximum atomic E-state index is 12.3. The molecule has 0 saturated carbocycles. The molecule has 0 aliphatic carbocycles. The van der Waals surface area contributed by atoms with Gasteiger partial charge in [-0.1, -0.05) is 65.2 Å². The van der Waals surface area contributed by atoms with Gasteiger partial charge >= 0.3 is 5.97 Å². The Morgan fingerprint density at radius 2 is 1.30 bits per heavy atom. The molecular formula is C18H36O2. The van der Waals surface area contributed by atoms with Crippen LogP contribution in [-0.2, 0) is 9.53 Å². The molecule has 0 aromatic rings. The topological polar surface area (TPSA) is 26.3 Å². The number of ether oxygens (including phenoxy) is 1. The second-order valence-corrected chi connectivity index (χ2v) is 6.93. The Morgan fingerprint density at radius 1 is 0.850 bits per heavy atom. The minimum atomic E-state index is -0.359. The van der Waals surface area contributed by atoms with Crippen LogP contribution in [0.25, 0.3) is 0 Å². The lowest BCUT2D eigenvalue weighted by Gasteiger charge is -2.24. The van der Waals surface area contributed by atoms with Crippen molar-refractivity contribution in [1.29, 1.82) is 0 Å². The van der Waals surface area contributed by atoms with Crippen LogP contribution in [0.15, 0.2) is 0 Å². The van der Waals surface area contributed by atoms with Gasteiger partial charge in [-0.15, -0.1) is 0 Å². The summed E-state index contributed by atoms with van der Waals surface area (Å²) in [6.07, 6.45) is 11.8. The second-order valence-electron chi connectivity index (χ2n) is 6.93. The second kappa shape index (κ2) is 11.2. The molecule has 20 heavy (non-hydrogen) atoms. The summed E-state index contributed by atoms with van der Waals surface area (Å²) in [5.74, 6) is 0.133. The Morgan fingerprint density at radius 3 is 1.65 bits per heavy atom. The molecule has 0 aromatic heterocycles. The molecule has 0 unspecified atom stereocenters. The summed E-state index contributed by atoms with van der Waals surface area (Å²) < 4.78 is 5.57. The average molecular weight is 284 g/mol. The molecule has 0 saturated heterocycles. The van der Waals surface area contributed by atoms with Gasteiger partial charge in [-0.2, -0.15) is 0 Å². The quantitative estimate of drug-likeness (QED) is 0.349. The molecule has 0 aliphatic heterocycles. The van der Waals surface area contributed by atoms with Crippen molar-refractivity contribution in [3.05, 3.63) is 0 Å². The number of rotatable bonds is 11. The van der Waals surface area contributed by atoms with E-state index in [1.165, 1.54) is 38.5 Å². The Kier molecular flexibility index (Phi) is 10.9. The van der Waals surface area contributed by atoms with Gasteiger partial charge in [0.25, 0.3) is 0 Å². The molecule has 2 nitrogen and oxygen atoms in total. The van der Waals surface area contributed by atoms with E-state index >= 15 is 0 Å². The van der Waals surface area contributed by atoms with Crippen LogP contribution in [0.1, 0.15) is 98.8 Å². The van der Waals surface area contributed by atoms with Gasteiger partial charge in [0.2, 0.25) is 0 Å². The van der Waals surface area contributed by atoms with E-state index in [9.17, 15) is 4.79 Å². The molecule has 0 aromatic carbocycles. The van der Waals surface area contributed by atoms with Crippen molar-refractivity contribution in [1.82, 2.24) is 0 Å². The largest absolute Gasteiger partial charge is 0.460 e. The summed E-state index contributed by atoms with van der Waals surface area (Å²) in [6.45, 7) is 10.3. The maximum Gasteiger partial charge on any atom is 0.309 e. The van der Waals surface area contributed by atoms with Crippen molar-refractivity contribution in [3.8, 4) is 0 Å². The van der Waals surface area contributed by atoms with Crippen LogP contribution < -0.4 is 0 Å². The predicted molar refractivity (Wildman–Crippen MR) is 86.9 cm³/mol. The van der Waals surface area contributed by atoms with Gasteiger partial charge in [-0.3, -0.25) is 4.79 Å². The summed E-state index contributed by atoms with van der Waals surface area (Å²) in [4.78, 5) is 12.3. The number of carbonyl (C=O) groups excluding carboxylic acids is 1. The molecular weight excluding hydrogens is 248 g/mol. The smallest absolute Gasteiger partial charge is 0.309 e. The third-order valence-corrected chi connectivity index (χ3v) is 3.55. The fraction of sp³-hybridized carbons (Fsp3) is 0.944. The number of carbonyl (C=O) groups is 1. The van der Waals surface area contributed by atoms with Gasteiger partial charge in [0.15, 0.2) is 0 Å². The highest BCUT2D eigenvalue weighted by atomic mass is 16.6. The molecule has 0 atom stereocenters. The Hall–Kier alpha value is -0.530. The van der Waals surface area contributed by atoms with E-state index in [0.717, 1.165) is 25.7 Å². The van der Waals surface area contributed by atoms with Gasteiger partial charge in [0.1, 0.15) is 5.60 Å². The lowest BCUT2D eigenvalue weighted by atomic mass is 9.94. The first kappa shape index (κ1) is 19.5. The number of unbranched alkanes of at least 4 members (excludes halogenated alkanes) is 6. The van der Waals surface area contributed by atoms with E-state index in [4.69, 9.17) is 4.74 Å². The van der Waals surface area contributed by atoms with E-state index in [0.29, 0.717) is 0 Å². The first-order valence-corrected chi connectivity index (χ1v) is 8.63. The molecule has 0 aliphatic rings. The summed E-state index contributed by atoms with van der Waals surface area (Å²) in [6, 6.07) is 0. The minimum Gasteiger partial charge on any atom is -0.460 e. The molecule has 0 amide bonds. The van der Waals surface area contributed by atoms with Gasteiger partial charge in [0, 0.05) is 0 Å². The monoisotopic (exact) mass is 284 g/mol. The van der Waals surface area contributed by atoms with Gasteiger partial charge < -0.3 is 4.74 Å². The molecule has 0 rings (SSSR count). The van der Waals surface area contributed by atoms with E-state index in [2.05, 4.69) is 13.8 Å². The van der Waals surface area contributed by atoms with E-state index < -0.39 is 0 Å². The summed E-state index contributed by atoms with van der Waals surface area (Å²) >= 11 is 0. The van der Waals surface area contributed by atoms with Crippen LogP contribution in [0.2, 0.25) is 0 Å². The molecule has 2 heteroatoms. The fourth-order valence-corrected chi connectivity index (χ4v) is 2.40. The lowest BCUT2D eigenvalue weighted by Crippen LogP contribution is -2.28. The molecule has 0 bridgehead atoms. The average Bonchev–Trinajstić information content (AvgIpc) is 2.34. The third kappa shape index (κ3) is 11.3. The van der Waals surface area contributed by atoms with Crippen LogP contribution in [0.3, 0.4) is 0 Å². The van der Waals surface area contributed by atoms with Gasteiger partial charge in [-0.05, 0) is 33.6 Å². The maximum absolute atomic E-state index is 12.3. The SMILES string of the molecule is CCCCCCC(CCCCCC)C(=O)OC(C)(C)C. The van der Waals surface area contributed by atoms with Crippen LogP contribution in [0, 0.1) is 5.92 Å². The number of esters is 1. The van der Waals surface area contributed by atoms with Crippen LogP contribution >= 0.6 is 0 Å². The zero-order chi connectivity index (χ0) is 15.4. The molecule has 0 heterocycles. The van der Waals surface area contributed by atoms with Crippen molar-refractivity contribution < 1.29 is 9.53 Å². The Balaban J connectivity index is 4.18. The van der Waals surface area contributed by atoms with Crippen molar-refractivity contribution >= 4 is 5.97 Å². The summed E-state index contributed by atoms with van der Waals surface area (Å²) in [5, 5.41) is 0. The zero-order valence-corrected chi connectivity index (χ0v) is 14.5. The van der Waals surface area contributed by atoms with Crippen LogP contribution in [0.4, 0.5) is 0 Å². The highest BCUT2D eigenvalue weighted by molar-refractivity contribution is 5.72. The molecule has 0 fully saturated rings. The summed E-state index contributed by atoms with van der Waals surface area (Å²) in [5.41, 5.74) is -0.359. The molecule has 120 valence electrons. The highest BCUT2D eigenvalue weighted by Crippen LogP contribution is 2.22. The van der Waals surface area contributed by atoms with E-state index in [-0.39, 0.29) is 17.5 Å².